The molecule has 0 radical (unpaired) electrons. The Morgan fingerprint density at radius 2 is 1.85 bits per heavy atom. The van der Waals surface area contributed by atoms with Crippen LogP contribution in [0.3, 0.4) is 0 Å². The van der Waals surface area contributed by atoms with Crippen LogP contribution < -0.4 is 10.1 Å². The van der Waals surface area contributed by atoms with Crippen LogP contribution in [0.2, 0.25) is 0 Å². The highest BCUT2D eigenvalue weighted by Gasteiger charge is 2.21. The van der Waals surface area contributed by atoms with Crippen LogP contribution in [-0.2, 0) is 9.53 Å². The summed E-state index contributed by atoms with van der Waals surface area (Å²) in [5, 5.41) is 2.54. The van der Waals surface area contributed by atoms with Crippen LogP contribution in [0.25, 0.3) is 0 Å². The maximum absolute atomic E-state index is 13.9. The molecule has 0 aliphatic heterocycles. The molecule has 0 fully saturated rings. The summed E-state index contributed by atoms with van der Waals surface area (Å²) in [5.41, 5.74) is 0.526. The Balaban J connectivity index is 2.03. The van der Waals surface area contributed by atoms with E-state index in [1.165, 1.54) is 39.2 Å². The lowest BCUT2D eigenvalue weighted by Crippen LogP contribution is -2.30. The average molecular weight is 359 g/mol. The van der Waals surface area contributed by atoms with E-state index in [9.17, 15) is 18.8 Å². The molecule has 0 spiro atoms. The summed E-state index contributed by atoms with van der Waals surface area (Å²) in [6.45, 7) is 2.78. The van der Waals surface area contributed by atoms with E-state index < -0.39 is 23.8 Å². The van der Waals surface area contributed by atoms with Crippen molar-refractivity contribution in [1.29, 1.82) is 0 Å². The van der Waals surface area contributed by atoms with Crippen LogP contribution >= 0.6 is 0 Å². The number of Topliss-reactive ketones (excluding diaryl/α,β-unsaturated/α-hetero) is 1. The first kappa shape index (κ1) is 19.1. The molecule has 2 aromatic carbocycles. The molecule has 0 saturated heterocycles. The van der Waals surface area contributed by atoms with Gasteiger partial charge in [-0.1, -0.05) is 12.1 Å². The second-order valence-electron chi connectivity index (χ2n) is 5.52. The van der Waals surface area contributed by atoms with E-state index in [1.54, 1.807) is 18.2 Å². The van der Waals surface area contributed by atoms with Crippen molar-refractivity contribution < 1.29 is 28.2 Å². The van der Waals surface area contributed by atoms with Gasteiger partial charge in [0.05, 0.1) is 12.7 Å². The summed E-state index contributed by atoms with van der Waals surface area (Å²) in [7, 11) is 1.38. The van der Waals surface area contributed by atoms with Crippen molar-refractivity contribution >= 4 is 23.3 Å². The number of nitrogens with one attached hydrogen (secondary N) is 1. The number of hydrogen-bond donors (Lipinski definition) is 1. The quantitative estimate of drug-likeness (QED) is 0.633. The zero-order chi connectivity index (χ0) is 19.3. The molecular formula is C19H18FNO5. The van der Waals surface area contributed by atoms with E-state index >= 15 is 0 Å². The van der Waals surface area contributed by atoms with Crippen LogP contribution in [0.4, 0.5) is 10.1 Å². The Morgan fingerprint density at radius 1 is 1.12 bits per heavy atom. The summed E-state index contributed by atoms with van der Waals surface area (Å²) in [5.74, 6) is -2.26. The fourth-order valence-corrected chi connectivity index (χ4v) is 2.13. The first-order valence-corrected chi connectivity index (χ1v) is 7.78. The zero-order valence-electron chi connectivity index (χ0n) is 14.5. The molecule has 1 atom stereocenters. The highest BCUT2D eigenvalue weighted by Crippen LogP contribution is 2.18. The minimum absolute atomic E-state index is 0.143. The number of anilines is 1. The lowest BCUT2D eigenvalue weighted by molar-refractivity contribution is -0.123. The molecule has 1 N–H and O–H groups in total. The van der Waals surface area contributed by atoms with Gasteiger partial charge in [0.15, 0.2) is 11.9 Å². The summed E-state index contributed by atoms with van der Waals surface area (Å²) in [4.78, 5) is 35.6. The SMILES string of the molecule is COc1ccc(C(=O)O[C@@H](C)C(=O)Nc2cccc(C(C)=O)c2)c(F)c1. The zero-order valence-corrected chi connectivity index (χ0v) is 14.5. The van der Waals surface area contributed by atoms with E-state index in [-0.39, 0.29) is 17.1 Å². The topological polar surface area (TPSA) is 81.7 Å². The molecule has 26 heavy (non-hydrogen) atoms. The Kier molecular flexibility index (Phi) is 6.06. The Labute approximate surface area is 149 Å². The molecule has 0 saturated carbocycles. The van der Waals surface area contributed by atoms with Crippen molar-refractivity contribution in [3.05, 3.63) is 59.4 Å². The molecule has 0 heterocycles. The number of amides is 1. The Morgan fingerprint density at radius 3 is 2.46 bits per heavy atom. The van der Waals surface area contributed by atoms with Crippen molar-refractivity contribution in [2.75, 3.05) is 12.4 Å². The van der Waals surface area contributed by atoms with Crippen molar-refractivity contribution in [1.82, 2.24) is 0 Å². The third kappa shape index (κ3) is 4.66. The number of carbonyl (C=O) groups is 3. The number of methoxy groups -OCH3 is 1. The number of esters is 1. The Bertz CT molecular complexity index is 850. The van der Waals surface area contributed by atoms with Gasteiger partial charge in [0.25, 0.3) is 5.91 Å². The fourth-order valence-electron chi connectivity index (χ4n) is 2.13. The maximum Gasteiger partial charge on any atom is 0.341 e. The third-order valence-electron chi connectivity index (χ3n) is 3.59. The minimum atomic E-state index is -1.16. The number of hydrogen-bond acceptors (Lipinski definition) is 5. The highest BCUT2D eigenvalue weighted by molar-refractivity contribution is 5.99. The van der Waals surface area contributed by atoms with Crippen LogP contribution in [-0.4, -0.2) is 30.9 Å². The number of benzene rings is 2. The number of carbonyl (C=O) groups excluding carboxylic acids is 3. The van der Waals surface area contributed by atoms with Crippen LogP contribution in [0.1, 0.15) is 34.6 Å². The van der Waals surface area contributed by atoms with Crippen LogP contribution in [0.5, 0.6) is 5.75 Å². The summed E-state index contributed by atoms with van der Waals surface area (Å²) >= 11 is 0. The van der Waals surface area contributed by atoms with Gasteiger partial charge in [-0.15, -0.1) is 0 Å². The molecule has 0 unspecified atom stereocenters. The molecule has 6 nitrogen and oxygen atoms in total. The predicted octanol–water partition coefficient (Wildman–Crippen LogP) is 3.22. The van der Waals surface area contributed by atoms with E-state index in [1.807, 2.05) is 0 Å². The van der Waals surface area contributed by atoms with E-state index in [2.05, 4.69) is 5.32 Å². The summed E-state index contributed by atoms with van der Waals surface area (Å²) in [6, 6.07) is 10.0. The second kappa shape index (κ2) is 8.24. The molecule has 0 bridgehead atoms. The number of ether oxygens (including phenoxy) is 2. The van der Waals surface area contributed by atoms with Gasteiger partial charge in [0.1, 0.15) is 11.6 Å². The number of rotatable bonds is 6. The van der Waals surface area contributed by atoms with Crippen LogP contribution in [0, 0.1) is 5.82 Å². The summed E-state index contributed by atoms with van der Waals surface area (Å²) in [6.07, 6.45) is -1.16. The van der Waals surface area contributed by atoms with E-state index in [4.69, 9.17) is 9.47 Å². The molecule has 0 aliphatic carbocycles. The normalized spacial score (nSPS) is 11.4. The molecule has 2 rings (SSSR count). The lowest BCUT2D eigenvalue weighted by atomic mass is 10.1. The van der Waals surface area contributed by atoms with Gasteiger partial charge in [-0.3, -0.25) is 9.59 Å². The molecule has 7 heteroatoms. The maximum atomic E-state index is 13.9. The monoisotopic (exact) mass is 359 g/mol. The fraction of sp³-hybridized carbons (Fsp3) is 0.211. The van der Waals surface area contributed by atoms with Gasteiger partial charge in [0, 0.05) is 17.3 Å². The van der Waals surface area contributed by atoms with Gasteiger partial charge in [0.2, 0.25) is 0 Å². The van der Waals surface area contributed by atoms with E-state index in [0.29, 0.717) is 11.3 Å². The molecule has 1 amide bonds. The molecule has 0 aliphatic rings. The molecular weight excluding hydrogens is 341 g/mol. The minimum Gasteiger partial charge on any atom is -0.497 e. The van der Waals surface area contributed by atoms with E-state index in [0.717, 1.165) is 6.07 Å². The standard InChI is InChI=1S/C19H18FNO5/c1-11(22)13-5-4-6-14(9-13)21-18(23)12(2)26-19(24)16-8-7-15(25-3)10-17(16)20/h4-10,12H,1-3H3,(H,21,23)/t12-/m0/s1. The van der Waals surface area contributed by atoms with Gasteiger partial charge < -0.3 is 14.8 Å². The molecule has 136 valence electrons. The molecule has 2 aromatic rings. The van der Waals surface area contributed by atoms with Crippen molar-refractivity contribution in [3.63, 3.8) is 0 Å². The van der Waals surface area contributed by atoms with Crippen molar-refractivity contribution in [2.24, 2.45) is 0 Å². The van der Waals surface area contributed by atoms with Crippen molar-refractivity contribution in [2.45, 2.75) is 20.0 Å². The first-order chi connectivity index (χ1) is 12.3. The van der Waals surface area contributed by atoms with Gasteiger partial charge in [-0.05, 0) is 38.1 Å². The Hall–Kier alpha value is -3.22. The second-order valence-corrected chi connectivity index (χ2v) is 5.52. The number of halogens is 1. The summed E-state index contributed by atoms with van der Waals surface area (Å²) < 4.78 is 23.8. The first-order valence-electron chi connectivity index (χ1n) is 7.78. The molecule has 0 aromatic heterocycles. The smallest absolute Gasteiger partial charge is 0.341 e. The van der Waals surface area contributed by atoms with Gasteiger partial charge in [-0.2, -0.15) is 0 Å². The number of ketones is 1. The average Bonchev–Trinajstić information content (AvgIpc) is 2.61. The van der Waals surface area contributed by atoms with Crippen LogP contribution in [0.15, 0.2) is 42.5 Å². The largest absolute Gasteiger partial charge is 0.497 e. The van der Waals surface area contributed by atoms with Gasteiger partial charge in [-0.25, -0.2) is 9.18 Å². The van der Waals surface area contributed by atoms with Crippen molar-refractivity contribution in [3.8, 4) is 5.75 Å². The highest BCUT2D eigenvalue weighted by atomic mass is 19.1. The van der Waals surface area contributed by atoms with Gasteiger partial charge >= 0.3 is 5.97 Å². The third-order valence-corrected chi connectivity index (χ3v) is 3.59. The predicted molar refractivity (Wildman–Crippen MR) is 92.9 cm³/mol. The lowest BCUT2D eigenvalue weighted by Gasteiger charge is -2.14.